The highest BCUT2D eigenvalue weighted by Crippen LogP contribution is 2.22. The van der Waals surface area contributed by atoms with Crippen molar-refractivity contribution in [2.45, 2.75) is 43.9 Å². The number of hydrogen-bond donors (Lipinski definition) is 3. The molecule has 11 heteroatoms. The molecule has 206 valence electrons. The van der Waals surface area contributed by atoms with E-state index in [1.165, 1.54) is 22.8 Å². The van der Waals surface area contributed by atoms with Gasteiger partial charge in [0.2, 0.25) is 10.0 Å². The maximum atomic E-state index is 13.7. The van der Waals surface area contributed by atoms with Crippen LogP contribution >= 0.6 is 0 Å². The Labute approximate surface area is 228 Å². The van der Waals surface area contributed by atoms with E-state index >= 15 is 0 Å². The molecule has 0 fully saturated rings. The van der Waals surface area contributed by atoms with E-state index in [1.54, 1.807) is 30.6 Å². The molecule has 4 rings (SSSR count). The Morgan fingerprint density at radius 1 is 1.08 bits per heavy atom. The molecule has 0 saturated carbocycles. The summed E-state index contributed by atoms with van der Waals surface area (Å²) in [5.41, 5.74) is 2.84. The van der Waals surface area contributed by atoms with Gasteiger partial charge in [0.1, 0.15) is 6.61 Å². The molecule has 1 amide bonds. The smallest absolute Gasteiger partial charge is 0.407 e. The lowest BCUT2D eigenvalue weighted by molar-refractivity contribution is 0.0873. The molecule has 4 aromatic rings. The Balaban J connectivity index is 1.54. The molecule has 2 atom stereocenters. The van der Waals surface area contributed by atoms with Gasteiger partial charge in [-0.1, -0.05) is 50.2 Å². The number of imidazole rings is 1. The van der Waals surface area contributed by atoms with Gasteiger partial charge in [0.25, 0.3) is 0 Å². The number of nitrogens with zero attached hydrogens (tertiary/aromatic N) is 3. The molecule has 10 nitrogen and oxygen atoms in total. The molecular weight excluding hydrogens is 518 g/mol. The highest BCUT2D eigenvalue weighted by Gasteiger charge is 2.32. The quantitative estimate of drug-likeness (QED) is 0.245. The van der Waals surface area contributed by atoms with Crippen molar-refractivity contribution in [3.05, 3.63) is 90.5 Å². The zero-order chi connectivity index (χ0) is 27.8. The average molecular weight is 552 g/mol. The van der Waals surface area contributed by atoms with E-state index in [4.69, 9.17) is 4.74 Å². The van der Waals surface area contributed by atoms with Crippen LogP contribution in [-0.4, -0.2) is 64.1 Å². The SMILES string of the molecule is CC(C)CN(C[C@@H](O)[C@H](Cc1ccccc1)NC(=O)OCc1cccnc1)S(=O)(=O)c1ccc2nc[nH]c2c1. The molecule has 0 bridgehead atoms. The van der Waals surface area contributed by atoms with Crippen molar-refractivity contribution in [2.75, 3.05) is 13.1 Å². The molecule has 2 heterocycles. The van der Waals surface area contributed by atoms with Crippen molar-refractivity contribution in [3.8, 4) is 0 Å². The molecule has 0 spiro atoms. The number of aliphatic hydroxyl groups excluding tert-OH is 1. The maximum Gasteiger partial charge on any atom is 0.407 e. The van der Waals surface area contributed by atoms with E-state index in [1.807, 2.05) is 44.2 Å². The number of aromatic nitrogens is 3. The fourth-order valence-electron chi connectivity index (χ4n) is 4.21. The van der Waals surface area contributed by atoms with E-state index in [-0.39, 0.29) is 36.9 Å². The summed E-state index contributed by atoms with van der Waals surface area (Å²) < 4.78 is 34.0. The van der Waals surface area contributed by atoms with E-state index in [0.29, 0.717) is 11.0 Å². The minimum Gasteiger partial charge on any atom is -0.445 e. The summed E-state index contributed by atoms with van der Waals surface area (Å²) in [4.78, 5) is 23.9. The van der Waals surface area contributed by atoms with Crippen molar-refractivity contribution >= 4 is 27.1 Å². The van der Waals surface area contributed by atoms with Crippen LogP contribution in [0.3, 0.4) is 0 Å². The molecule has 3 N–H and O–H groups in total. The van der Waals surface area contributed by atoms with Crippen molar-refractivity contribution in [1.29, 1.82) is 0 Å². The summed E-state index contributed by atoms with van der Waals surface area (Å²) in [7, 11) is -3.97. The fourth-order valence-corrected chi connectivity index (χ4v) is 5.86. The van der Waals surface area contributed by atoms with E-state index in [2.05, 4.69) is 20.3 Å². The number of aromatic amines is 1. The highest BCUT2D eigenvalue weighted by molar-refractivity contribution is 7.89. The largest absolute Gasteiger partial charge is 0.445 e. The first-order valence-corrected chi connectivity index (χ1v) is 14.1. The monoisotopic (exact) mass is 551 g/mol. The third-order valence-electron chi connectivity index (χ3n) is 6.15. The predicted octanol–water partition coefficient (Wildman–Crippen LogP) is 3.50. The summed E-state index contributed by atoms with van der Waals surface area (Å²) in [6.45, 7) is 3.79. The Morgan fingerprint density at radius 3 is 2.56 bits per heavy atom. The molecule has 39 heavy (non-hydrogen) atoms. The van der Waals surface area contributed by atoms with Crippen LogP contribution in [0.4, 0.5) is 4.79 Å². The topological polar surface area (TPSA) is 138 Å². The third-order valence-corrected chi connectivity index (χ3v) is 7.98. The van der Waals surface area contributed by atoms with Gasteiger partial charge in [-0.05, 0) is 42.2 Å². The number of nitrogens with one attached hydrogen (secondary N) is 2. The Hall–Kier alpha value is -3.80. The van der Waals surface area contributed by atoms with E-state index in [9.17, 15) is 18.3 Å². The first-order chi connectivity index (χ1) is 18.7. The summed E-state index contributed by atoms with van der Waals surface area (Å²) in [6.07, 6.45) is 3.06. The van der Waals surface area contributed by atoms with Crippen molar-refractivity contribution < 1.29 is 23.1 Å². The van der Waals surface area contributed by atoms with Crippen molar-refractivity contribution in [1.82, 2.24) is 24.6 Å². The van der Waals surface area contributed by atoms with Gasteiger partial charge in [-0.2, -0.15) is 4.31 Å². The zero-order valence-electron chi connectivity index (χ0n) is 21.9. The number of aliphatic hydroxyl groups is 1. The van der Waals surface area contributed by atoms with E-state index in [0.717, 1.165) is 11.1 Å². The average Bonchev–Trinajstić information content (AvgIpc) is 3.40. The highest BCUT2D eigenvalue weighted by atomic mass is 32.2. The van der Waals surface area contributed by atoms with Crippen LogP contribution in [0.1, 0.15) is 25.0 Å². The van der Waals surface area contributed by atoms with Crippen LogP contribution < -0.4 is 5.32 Å². The second kappa shape index (κ2) is 12.8. The Morgan fingerprint density at radius 2 is 1.85 bits per heavy atom. The van der Waals surface area contributed by atoms with Gasteiger partial charge in [-0.15, -0.1) is 0 Å². The van der Waals surface area contributed by atoms with Crippen LogP contribution in [0.5, 0.6) is 0 Å². The Bertz CT molecular complexity index is 1460. The molecule has 2 aromatic heterocycles. The summed E-state index contributed by atoms with van der Waals surface area (Å²) in [5.74, 6) is -0.00663. The lowest BCUT2D eigenvalue weighted by atomic mass is 10.0. The number of rotatable bonds is 12. The van der Waals surface area contributed by atoms with Crippen molar-refractivity contribution in [2.24, 2.45) is 5.92 Å². The number of H-pyrrole nitrogens is 1. The number of pyridine rings is 1. The Kier molecular flexibility index (Phi) is 9.28. The van der Waals surface area contributed by atoms with Gasteiger partial charge in [-0.3, -0.25) is 4.98 Å². The predicted molar refractivity (Wildman–Crippen MR) is 147 cm³/mol. The maximum absolute atomic E-state index is 13.7. The number of fused-ring (bicyclic) bond motifs is 1. The number of carbonyl (C=O) groups excluding carboxylic acids is 1. The number of hydrogen-bond acceptors (Lipinski definition) is 7. The van der Waals surface area contributed by atoms with Gasteiger partial charge in [0.15, 0.2) is 0 Å². The van der Waals surface area contributed by atoms with Crippen LogP contribution in [0.15, 0.2) is 84.3 Å². The van der Waals surface area contributed by atoms with Crippen LogP contribution in [-0.2, 0) is 27.8 Å². The summed E-state index contributed by atoms with van der Waals surface area (Å²) in [5, 5.41) is 14.1. The third kappa shape index (κ3) is 7.62. The van der Waals surface area contributed by atoms with Gasteiger partial charge in [0, 0.05) is 31.0 Å². The molecular formula is C28H33N5O5S. The molecule has 0 saturated heterocycles. The normalized spacial score (nSPS) is 13.5. The number of ether oxygens (including phenoxy) is 1. The number of amides is 1. The number of carbonyl (C=O) groups is 1. The van der Waals surface area contributed by atoms with Gasteiger partial charge < -0.3 is 20.1 Å². The second-order valence-electron chi connectivity index (χ2n) is 9.74. The molecule has 0 aliphatic heterocycles. The molecule has 0 radical (unpaired) electrons. The summed E-state index contributed by atoms with van der Waals surface area (Å²) >= 11 is 0. The molecule has 2 aromatic carbocycles. The number of benzene rings is 2. The van der Waals surface area contributed by atoms with E-state index < -0.39 is 28.3 Å². The van der Waals surface area contributed by atoms with Gasteiger partial charge >= 0.3 is 6.09 Å². The van der Waals surface area contributed by atoms with Crippen molar-refractivity contribution in [3.63, 3.8) is 0 Å². The van der Waals surface area contributed by atoms with Gasteiger partial charge in [-0.25, -0.2) is 18.2 Å². The minimum absolute atomic E-state index is 0.00663. The first kappa shape index (κ1) is 28.2. The zero-order valence-corrected chi connectivity index (χ0v) is 22.7. The van der Waals surface area contributed by atoms with Crippen LogP contribution in [0.2, 0.25) is 0 Å². The van der Waals surface area contributed by atoms with Crippen LogP contribution in [0, 0.1) is 5.92 Å². The fraction of sp³-hybridized carbons (Fsp3) is 0.321. The number of sulfonamides is 1. The lowest BCUT2D eigenvalue weighted by Gasteiger charge is -2.30. The first-order valence-electron chi connectivity index (χ1n) is 12.7. The standard InChI is InChI=1S/C28H33N5O5S/c1-20(2)16-33(39(36,37)23-10-11-24-25(14-23)31-19-30-24)17-27(34)26(13-21-7-4-3-5-8-21)32-28(35)38-18-22-9-6-12-29-15-22/h3-12,14-15,19-20,26-27,34H,13,16-18H2,1-2H3,(H,30,31)(H,32,35)/t26-,27+/m0/s1. The second-order valence-corrected chi connectivity index (χ2v) is 11.7. The van der Waals surface area contributed by atoms with Gasteiger partial charge in [0.05, 0.1) is 34.4 Å². The minimum atomic E-state index is -3.97. The lowest BCUT2D eigenvalue weighted by Crippen LogP contribution is -2.51. The molecule has 0 aliphatic carbocycles. The number of alkyl carbamates (subject to hydrolysis) is 1. The van der Waals surface area contributed by atoms with Crippen LogP contribution in [0.25, 0.3) is 11.0 Å². The molecule has 0 unspecified atom stereocenters. The summed E-state index contributed by atoms with van der Waals surface area (Å²) in [6, 6.07) is 16.8. The molecule has 0 aliphatic rings.